The Morgan fingerprint density at radius 2 is 1.80 bits per heavy atom. The number of nitrogens with two attached hydrogens (primary N) is 1. The minimum Gasteiger partial charge on any atom is -0.306 e. The van der Waals surface area contributed by atoms with Gasteiger partial charge < -0.3 is 5.32 Å². The van der Waals surface area contributed by atoms with Crippen molar-refractivity contribution in [2.45, 2.75) is 4.90 Å². The normalized spacial score (nSPS) is 15.4. The third-order valence-corrected chi connectivity index (χ3v) is 4.89. The molecule has 0 radical (unpaired) electrons. The smallest absolute Gasteiger partial charge is 0.257 e. The Morgan fingerprint density at radius 1 is 1.04 bits per heavy atom. The number of carbonyl (C=O) groups is 1. The van der Waals surface area contributed by atoms with E-state index in [9.17, 15) is 13.2 Å². The van der Waals surface area contributed by atoms with Crippen molar-refractivity contribution < 1.29 is 13.2 Å². The highest BCUT2D eigenvalue weighted by Gasteiger charge is 2.25. The highest BCUT2D eigenvalue weighted by atomic mass is 32.2. The Morgan fingerprint density at radius 3 is 2.60 bits per heavy atom. The second-order valence-electron chi connectivity index (χ2n) is 5.51. The molecule has 0 unspecified atom stereocenters. The molecular formula is C17H12N4O3S. The van der Waals surface area contributed by atoms with E-state index in [2.05, 4.69) is 15.3 Å². The van der Waals surface area contributed by atoms with Gasteiger partial charge in [-0.15, -0.1) is 0 Å². The molecule has 7 nitrogen and oxygen atoms in total. The van der Waals surface area contributed by atoms with Crippen molar-refractivity contribution in [3.63, 3.8) is 0 Å². The lowest BCUT2D eigenvalue weighted by molar-refractivity contribution is -0.110. The summed E-state index contributed by atoms with van der Waals surface area (Å²) in [5.74, 6) is 0.239. The number of pyridine rings is 2. The maximum atomic E-state index is 12.2. The van der Waals surface area contributed by atoms with E-state index < -0.39 is 10.0 Å². The molecule has 0 atom stereocenters. The van der Waals surface area contributed by atoms with Crippen molar-refractivity contribution in [3.8, 4) is 0 Å². The van der Waals surface area contributed by atoms with Gasteiger partial charge in [0.15, 0.2) is 0 Å². The SMILES string of the molecule is NS(=O)(=O)c1ccc(C=C2C(=O)Nc3ncccc32)c2cccnc12. The first-order chi connectivity index (χ1) is 11.9. The zero-order chi connectivity index (χ0) is 17.6. The summed E-state index contributed by atoms with van der Waals surface area (Å²) in [5.41, 5.74) is 2.08. The molecule has 2 aromatic heterocycles. The number of amides is 1. The number of hydrogen-bond donors (Lipinski definition) is 2. The highest BCUT2D eigenvalue weighted by Crippen LogP contribution is 2.33. The summed E-state index contributed by atoms with van der Waals surface area (Å²) in [5, 5.41) is 8.56. The fourth-order valence-electron chi connectivity index (χ4n) is 2.84. The number of rotatable bonds is 2. The van der Waals surface area contributed by atoms with Gasteiger partial charge in [-0.2, -0.15) is 0 Å². The minimum absolute atomic E-state index is 0.0526. The second-order valence-corrected chi connectivity index (χ2v) is 7.04. The molecule has 1 amide bonds. The molecule has 0 bridgehead atoms. The van der Waals surface area contributed by atoms with E-state index >= 15 is 0 Å². The van der Waals surface area contributed by atoms with Crippen LogP contribution in [0.4, 0.5) is 5.82 Å². The van der Waals surface area contributed by atoms with Gasteiger partial charge in [-0.25, -0.2) is 18.5 Å². The van der Waals surface area contributed by atoms with E-state index in [1.54, 1.807) is 42.6 Å². The molecule has 124 valence electrons. The largest absolute Gasteiger partial charge is 0.306 e. The molecule has 0 spiro atoms. The van der Waals surface area contributed by atoms with Crippen LogP contribution in [0.3, 0.4) is 0 Å². The zero-order valence-electron chi connectivity index (χ0n) is 12.8. The molecule has 8 heteroatoms. The summed E-state index contributed by atoms with van der Waals surface area (Å²) in [4.78, 5) is 20.5. The van der Waals surface area contributed by atoms with Crippen molar-refractivity contribution in [2.75, 3.05) is 5.32 Å². The lowest BCUT2D eigenvalue weighted by atomic mass is 10.0. The molecule has 3 heterocycles. The van der Waals surface area contributed by atoms with Crippen LogP contribution in [-0.2, 0) is 14.8 Å². The molecule has 1 aliphatic rings. The van der Waals surface area contributed by atoms with E-state index in [0.29, 0.717) is 27.9 Å². The Balaban J connectivity index is 1.97. The first-order valence-corrected chi connectivity index (χ1v) is 8.89. The lowest BCUT2D eigenvalue weighted by Gasteiger charge is -2.07. The number of nitrogens with zero attached hydrogens (tertiary/aromatic N) is 2. The number of primary sulfonamides is 1. The number of fused-ring (bicyclic) bond motifs is 2. The molecule has 3 aromatic rings. The van der Waals surface area contributed by atoms with E-state index in [-0.39, 0.29) is 16.3 Å². The summed E-state index contributed by atoms with van der Waals surface area (Å²) >= 11 is 0. The number of benzene rings is 1. The van der Waals surface area contributed by atoms with Crippen LogP contribution in [0, 0.1) is 0 Å². The standard InChI is InChI=1S/C17H12N4O3S/c18-25(23,24)14-6-5-10(11-3-1-7-19-15(11)14)9-13-12-4-2-8-20-16(12)21-17(13)22/h1-9H,(H2,18,23,24)(H,20,21,22). The van der Waals surface area contributed by atoms with Crippen molar-refractivity contribution in [1.82, 2.24) is 9.97 Å². The third-order valence-electron chi connectivity index (χ3n) is 3.95. The van der Waals surface area contributed by atoms with Crippen LogP contribution in [0.25, 0.3) is 22.6 Å². The van der Waals surface area contributed by atoms with Gasteiger partial charge in [-0.1, -0.05) is 12.1 Å². The van der Waals surface area contributed by atoms with Crippen LogP contribution in [0.15, 0.2) is 53.7 Å². The van der Waals surface area contributed by atoms with E-state index in [0.717, 1.165) is 0 Å². The molecule has 25 heavy (non-hydrogen) atoms. The number of anilines is 1. The zero-order valence-corrected chi connectivity index (χ0v) is 13.6. The van der Waals surface area contributed by atoms with Gasteiger partial charge in [0.1, 0.15) is 10.7 Å². The first kappa shape index (κ1) is 15.4. The van der Waals surface area contributed by atoms with Crippen LogP contribution in [0.1, 0.15) is 11.1 Å². The molecule has 0 aliphatic carbocycles. The van der Waals surface area contributed by atoms with Crippen LogP contribution >= 0.6 is 0 Å². The molecule has 4 rings (SSSR count). The predicted octanol–water partition coefficient (Wildman–Crippen LogP) is 1.77. The fraction of sp³-hybridized carbons (Fsp3) is 0. The molecule has 0 saturated carbocycles. The number of nitrogens with one attached hydrogen (secondary N) is 1. The van der Waals surface area contributed by atoms with Crippen molar-refractivity contribution in [3.05, 3.63) is 59.9 Å². The number of hydrogen-bond acceptors (Lipinski definition) is 5. The number of aromatic nitrogens is 2. The Bertz CT molecular complexity index is 1170. The first-order valence-electron chi connectivity index (χ1n) is 7.34. The molecule has 1 aromatic carbocycles. The summed E-state index contributed by atoms with van der Waals surface area (Å²) in [6.45, 7) is 0. The van der Waals surface area contributed by atoms with Crippen molar-refractivity contribution in [2.24, 2.45) is 5.14 Å². The summed E-state index contributed by atoms with van der Waals surface area (Å²) < 4.78 is 23.5. The predicted molar refractivity (Wildman–Crippen MR) is 93.9 cm³/mol. The van der Waals surface area contributed by atoms with Gasteiger partial charge in [0, 0.05) is 23.3 Å². The monoisotopic (exact) mass is 352 g/mol. The maximum absolute atomic E-state index is 12.2. The van der Waals surface area contributed by atoms with Crippen LogP contribution < -0.4 is 10.5 Å². The summed E-state index contributed by atoms with van der Waals surface area (Å²) in [6, 6.07) is 9.98. The van der Waals surface area contributed by atoms with Gasteiger partial charge in [0.2, 0.25) is 10.0 Å². The Kier molecular flexibility index (Phi) is 3.38. The Hall–Kier alpha value is -3.10. The summed E-state index contributed by atoms with van der Waals surface area (Å²) in [6.07, 6.45) is 4.79. The Labute approximate surface area is 143 Å². The van der Waals surface area contributed by atoms with E-state index in [1.807, 2.05) is 0 Å². The maximum Gasteiger partial charge on any atom is 0.257 e. The van der Waals surface area contributed by atoms with Crippen LogP contribution in [-0.4, -0.2) is 24.3 Å². The average molecular weight is 352 g/mol. The van der Waals surface area contributed by atoms with Crippen molar-refractivity contribution in [1.29, 1.82) is 0 Å². The van der Waals surface area contributed by atoms with Gasteiger partial charge in [-0.05, 0) is 35.9 Å². The summed E-state index contributed by atoms with van der Waals surface area (Å²) in [7, 11) is -3.91. The fourth-order valence-corrected chi connectivity index (χ4v) is 3.53. The molecule has 0 saturated heterocycles. The van der Waals surface area contributed by atoms with Gasteiger partial charge >= 0.3 is 0 Å². The third kappa shape index (κ3) is 2.57. The number of sulfonamides is 1. The molecule has 3 N–H and O–H groups in total. The van der Waals surface area contributed by atoms with E-state index in [4.69, 9.17) is 5.14 Å². The molecule has 0 fully saturated rings. The van der Waals surface area contributed by atoms with Gasteiger partial charge in [-0.3, -0.25) is 9.78 Å². The highest BCUT2D eigenvalue weighted by molar-refractivity contribution is 7.89. The van der Waals surface area contributed by atoms with Gasteiger partial charge in [0.05, 0.1) is 11.1 Å². The van der Waals surface area contributed by atoms with E-state index in [1.165, 1.54) is 12.3 Å². The topological polar surface area (TPSA) is 115 Å². The minimum atomic E-state index is -3.91. The number of carbonyl (C=O) groups excluding carboxylic acids is 1. The second kappa shape index (κ2) is 5.47. The van der Waals surface area contributed by atoms with Crippen molar-refractivity contribution >= 4 is 44.3 Å². The molecular weight excluding hydrogens is 340 g/mol. The lowest BCUT2D eigenvalue weighted by Crippen LogP contribution is -2.13. The van der Waals surface area contributed by atoms with Crippen LogP contribution in [0.5, 0.6) is 0 Å². The molecule has 1 aliphatic heterocycles. The van der Waals surface area contributed by atoms with Crippen LogP contribution in [0.2, 0.25) is 0 Å². The average Bonchev–Trinajstić information content (AvgIpc) is 2.90. The quantitative estimate of drug-likeness (QED) is 0.682. The van der Waals surface area contributed by atoms with Gasteiger partial charge in [0.25, 0.3) is 5.91 Å².